The molecule has 2 aromatic carbocycles. The maximum Gasteiger partial charge on any atom is 0.253 e. The van der Waals surface area contributed by atoms with Crippen molar-refractivity contribution in [3.05, 3.63) is 58.9 Å². The fourth-order valence-corrected chi connectivity index (χ4v) is 3.37. The van der Waals surface area contributed by atoms with Crippen LogP contribution in [0.4, 0.5) is 4.39 Å². The van der Waals surface area contributed by atoms with Crippen molar-refractivity contribution in [1.29, 1.82) is 0 Å². The van der Waals surface area contributed by atoms with Crippen molar-refractivity contribution in [2.24, 2.45) is 0 Å². The molecule has 0 spiro atoms. The van der Waals surface area contributed by atoms with Crippen molar-refractivity contribution in [3.8, 4) is 5.75 Å². The normalized spacial score (nSPS) is 11.5. The lowest BCUT2D eigenvalue weighted by molar-refractivity contribution is 0.0773. The highest BCUT2D eigenvalue weighted by atomic mass is 35.5. The summed E-state index contributed by atoms with van der Waals surface area (Å²) in [5, 5.41) is 0.540. The minimum Gasteiger partial charge on any atom is -0.492 e. The Kier molecular flexibility index (Phi) is 6.80. The molecular formula is C18H20ClFN2O4S. The molecule has 9 heteroatoms. The summed E-state index contributed by atoms with van der Waals surface area (Å²) in [7, 11) is 0.141. The van der Waals surface area contributed by atoms with Gasteiger partial charge in [-0.1, -0.05) is 17.7 Å². The maximum atomic E-state index is 14.0. The number of halogens is 2. The summed E-state index contributed by atoms with van der Waals surface area (Å²) >= 11 is 5.88. The van der Waals surface area contributed by atoms with E-state index in [-0.39, 0.29) is 18.7 Å². The van der Waals surface area contributed by atoms with Gasteiger partial charge in [-0.25, -0.2) is 17.1 Å². The average molecular weight is 415 g/mol. The number of rotatable bonds is 7. The third-order valence-electron chi connectivity index (χ3n) is 3.77. The Hall–Kier alpha value is -2.16. The number of likely N-dealkylation sites (N-methyl/N-ethyl adjacent to an activating group) is 1. The Morgan fingerprint density at radius 1 is 1.15 bits per heavy atom. The minimum absolute atomic E-state index is 0.0714. The molecule has 0 aromatic heterocycles. The molecule has 0 heterocycles. The van der Waals surface area contributed by atoms with Crippen LogP contribution in [-0.4, -0.2) is 57.8 Å². The van der Waals surface area contributed by atoms with Gasteiger partial charge in [0, 0.05) is 31.7 Å². The van der Waals surface area contributed by atoms with Crippen LogP contribution in [-0.2, 0) is 10.0 Å². The van der Waals surface area contributed by atoms with Gasteiger partial charge in [0.1, 0.15) is 23.1 Å². The van der Waals surface area contributed by atoms with Gasteiger partial charge in [-0.2, -0.15) is 0 Å². The second kappa shape index (κ2) is 8.69. The monoisotopic (exact) mass is 414 g/mol. The van der Waals surface area contributed by atoms with Crippen LogP contribution >= 0.6 is 11.6 Å². The van der Waals surface area contributed by atoms with Crippen LogP contribution in [0, 0.1) is 5.82 Å². The van der Waals surface area contributed by atoms with E-state index in [1.54, 1.807) is 31.3 Å². The Bertz CT molecular complexity index is 935. The number of hydrogen-bond acceptors (Lipinski definition) is 4. The molecule has 0 saturated carbocycles. The van der Waals surface area contributed by atoms with Crippen molar-refractivity contribution < 1.29 is 22.3 Å². The topological polar surface area (TPSA) is 66.9 Å². The van der Waals surface area contributed by atoms with Gasteiger partial charge in [0.05, 0.1) is 6.54 Å². The molecule has 0 unspecified atom stereocenters. The predicted molar refractivity (Wildman–Crippen MR) is 101 cm³/mol. The molecule has 0 atom stereocenters. The first-order valence-corrected chi connectivity index (χ1v) is 9.80. The van der Waals surface area contributed by atoms with Gasteiger partial charge in [-0.3, -0.25) is 4.79 Å². The first-order chi connectivity index (χ1) is 12.6. The number of nitrogens with zero attached hydrogens (tertiary/aromatic N) is 2. The van der Waals surface area contributed by atoms with E-state index in [9.17, 15) is 17.6 Å². The smallest absolute Gasteiger partial charge is 0.253 e. The molecule has 6 nitrogen and oxygen atoms in total. The molecule has 146 valence electrons. The predicted octanol–water partition coefficient (Wildman–Crippen LogP) is 2.88. The second-order valence-corrected chi connectivity index (χ2v) is 8.52. The standard InChI is InChI=1S/C18H20ClFN2O4S/c1-21(2)27(24,25)17-11-13(7-8-16(17)20)18(23)22(3)9-10-26-15-6-4-5-14(19)12-15/h4-8,11-12H,9-10H2,1-3H3. The Morgan fingerprint density at radius 3 is 2.48 bits per heavy atom. The quantitative estimate of drug-likeness (QED) is 0.698. The molecule has 1 amide bonds. The number of carbonyl (C=O) groups excluding carboxylic acids is 1. The molecule has 0 radical (unpaired) electrons. The van der Waals surface area contributed by atoms with Crippen LogP contribution in [0.25, 0.3) is 0 Å². The zero-order chi connectivity index (χ0) is 20.2. The van der Waals surface area contributed by atoms with Crippen LogP contribution in [0.5, 0.6) is 5.75 Å². The van der Waals surface area contributed by atoms with Gasteiger partial charge in [0.2, 0.25) is 10.0 Å². The highest BCUT2D eigenvalue weighted by Crippen LogP contribution is 2.20. The van der Waals surface area contributed by atoms with Crippen LogP contribution in [0.15, 0.2) is 47.4 Å². The number of benzene rings is 2. The molecule has 0 aliphatic rings. The summed E-state index contributed by atoms with van der Waals surface area (Å²) in [6.07, 6.45) is 0. The molecule has 27 heavy (non-hydrogen) atoms. The summed E-state index contributed by atoms with van der Waals surface area (Å²) < 4.78 is 44.7. The van der Waals surface area contributed by atoms with E-state index in [2.05, 4.69) is 0 Å². The Balaban J connectivity index is 2.08. The van der Waals surface area contributed by atoms with Gasteiger partial charge in [0.15, 0.2) is 0 Å². The summed E-state index contributed by atoms with van der Waals surface area (Å²) in [5.74, 6) is -0.781. The largest absolute Gasteiger partial charge is 0.492 e. The first kappa shape index (κ1) is 21.1. The van der Waals surface area contributed by atoms with Gasteiger partial charge >= 0.3 is 0 Å². The van der Waals surface area contributed by atoms with Crippen LogP contribution in [0.2, 0.25) is 5.02 Å². The molecule has 0 saturated heterocycles. The van der Waals surface area contributed by atoms with Crippen molar-refractivity contribution in [2.75, 3.05) is 34.3 Å². The first-order valence-electron chi connectivity index (χ1n) is 7.99. The van der Waals surface area contributed by atoms with E-state index in [1.807, 2.05) is 0 Å². The lowest BCUT2D eigenvalue weighted by Gasteiger charge is -2.19. The summed E-state index contributed by atoms with van der Waals surface area (Å²) in [5.41, 5.74) is 0.0714. The van der Waals surface area contributed by atoms with Crippen LogP contribution in [0.3, 0.4) is 0 Å². The number of ether oxygens (including phenoxy) is 1. The number of sulfonamides is 1. The van der Waals surface area contributed by atoms with E-state index < -0.39 is 26.6 Å². The van der Waals surface area contributed by atoms with E-state index in [1.165, 1.54) is 25.1 Å². The lowest BCUT2D eigenvalue weighted by Crippen LogP contribution is -2.31. The fourth-order valence-electron chi connectivity index (χ4n) is 2.21. The molecule has 0 aliphatic carbocycles. The highest BCUT2D eigenvalue weighted by molar-refractivity contribution is 7.89. The fraction of sp³-hybridized carbons (Fsp3) is 0.278. The SMILES string of the molecule is CN(CCOc1cccc(Cl)c1)C(=O)c1ccc(F)c(S(=O)(=O)N(C)C)c1. The third kappa shape index (κ3) is 5.18. The third-order valence-corrected chi connectivity index (χ3v) is 5.84. The van der Waals surface area contributed by atoms with Crippen LogP contribution < -0.4 is 4.74 Å². The van der Waals surface area contributed by atoms with Gasteiger partial charge in [-0.05, 0) is 36.4 Å². The van der Waals surface area contributed by atoms with Crippen molar-refractivity contribution in [1.82, 2.24) is 9.21 Å². The van der Waals surface area contributed by atoms with Gasteiger partial charge in [-0.15, -0.1) is 0 Å². The van der Waals surface area contributed by atoms with Gasteiger partial charge in [0.25, 0.3) is 5.91 Å². The van der Waals surface area contributed by atoms with Crippen LogP contribution in [0.1, 0.15) is 10.4 Å². The van der Waals surface area contributed by atoms with E-state index in [0.717, 1.165) is 16.4 Å². The van der Waals surface area contributed by atoms with Crippen molar-refractivity contribution in [3.63, 3.8) is 0 Å². The Labute approximate surface area is 163 Å². The van der Waals surface area contributed by atoms with E-state index in [0.29, 0.717) is 10.8 Å². The molecule has 2 aromatic rings. The minimum atomic E-state index is -4.00. The summed E-state index contributed by atoms with van der Waals surface area (Å²) in [6, 6.07) is 10.1. The Morgan fingerprint density at radius 2 is 1.85 bits per heavy atom. The average Bonchev–Trinajstić information content (AvgIpc) is 2.61. The molecule has 0 bridgehead atoms. The van der Waals surface area contributed by atoms with Gasteiger partial charge < -0.3 is 9.64 Å². The maximum absolute atomic E-state index is 14.0. The molecule has 0 N–H and O–H groups in total. The van der Waals surface area contributed by atoms with Crippen molar-refractivity contribution in [2.45, 2.75) is 4.90 Å². The summed E-state index contributed by atoms with van der Waals surface area (Å²) in [4.78, 5) is 13.3. The zero-order valence-corrected chi connectivity index (χ0v) is 16.7. The number of carbonyl (C=O) groups is 1. The molecular weight excluding hydrogens is 395 g/mol. The lowest BCUT2D eigenvalue weighted by atomic mass is 10.2. The number of amides is 1. The zero-order valence-electron chi connectivity index (χ0n) is 15.1. The second-order valence-electron chi connectivity index (χ2n) is 5.97. The highest BCUT2D eigenvalue weighted by Gasteiger charge is 2.24. The van der Waals surface area contributed by atoms with E-state index >= 15 is 0 Å². The molecule has 0 aliphatic heterocycles. The number of hydrogen-bond donors (Lipinski definition) is 0. The van der Waals surface area contributed by atoms with Crippen molar-refractivity contribution >= 4 is 27.5 Å². The molecule has 2 rings (SSSR count). The molecule has 0 fully saturated rings. The summed E-state index contributed by atoms with van der Waals surface area (Å²) in [6.45, 7) is 0.463. The van der Waals surface area contributed by atoms with E-state index in [4.69, 9.17) is 16.3 Å².